The molecule has 1 amide bonds. The fourth-order valence-corrected chi connectivity index (χ4v) is 1.68. The van der Waals surface area contributed by atoms with Crippen LogP contribution in [0.15, 0.2) is 0 Å². The molecule has 12 heavy (non-hydrogen) atoms. The number of primary amides is 1. The molecule has 0 radical (unpaired) electrons. The zero-order valence-electron chi connectivity index (χ0n) is 7.33. The standard InChI is InChI=1S/C8H17N3O/c9-6-7(8(10)12)11-4-2-1-3-5-11/h7H,1-6,9H2,(H2,10,12). The van der Waals surface area contributed by atoms with Crippen molar-refractivity contribution in [1.82, 2.24) is 4.90 Å². The van der Waals surface area contributed by atoms with Crippen LogP contribution in [0.2, 0.25) is 0 Å². The highest BCUT2D eigenvalue weighted by atomic mass is 16.1. The van der Waals surface area contributed by atoms with E-state index >= 15 is 0 Å². The number of likely N-dealkylation sites (tertiary alicyclic amines) is 1. The Bertz CT molecular complexity index is 154. The number of amides is 1. The summed E-state index contributed by atoms with van der Waals surface area (Å²) in [6.07, 6.45) is 3.57. The molecule has 0 aliphatic carbocycles. The largest absolute Gasteiger partial charge is 0.368 e. The Morgan fingerprint density at radius 3 is 2.33 bits per heavy atom. The summed E-state index contributed by atoms with van der Waals surface area (Å²) in [6.45, 7) is 2.27. The Hall–Kier alpha value is -0.610. The van der Waals surface area contributed by atoms with Crippen molar-refractivity contribution in [2.75, 3.05) is 19.6 Å². The molecule has 0 saturated carbocycles. The first-order valence-electron chi connectivity index (χ1n) is 4.49. The van der Waals surface area contributed by atoms with Gasteiger partial charge in [0.25, 0.3) is 0 Å². The molecule has 0 aromatic rings. The van der Waals surface area contributed by atoms with Gasteiger partial charge in [-0.25, -0.2) is 0 Å². The third-order valence-corrected chi connectivity index (χ3v) is 2.38. The van der Waals surface area contributed by atoms with Gasteiger partial charge in [0, 0.05) is 6.54 Å². The summed E-state index contributed by atoms with van der Waals surface area (Å²) in [5, 5.41) is 0. The average molecular weight is 171 g/mol. The third-order valence-electron chi connectivity index (χ3n) is 2.38. The number of nitrogens with zero attached hydrogens (tertiary/aromatic N) is 1. The number of hydrogen-bond donors (Lipinski definition) is 2. The molecule has 70 valence electrons. The SMILES string of the molecule is NCC(C(N)=O)N1CCCCC1. The number of carbonyl (C=O) groups excluding carboxylic acids is 1. The second kappa shape index (κ2) is 4.42. The van der Waals surface area contributed by atoms with Crippen LogP contribution in [0, 0.1) is 0 Å². The minimum atomic E-state index is -0.292. The second-order valence-corrected chi connectivity index (χ2v) is 3.25. The molecule has 4 heteroatoms. The highest BCUT2D eigenvalue weighted by Gasteiger charge is 2.23. The van der Waals surface area contributed by atoms with E-state index in [4.69, 9.17) is 11.5 Å². The highest BCUT2D eigenvalue weighted by Crippen LogP contribution is 2.11. The van der Waals surface area contributed by atoms with Gasteiger partial charge in [0.2, 0.25) is 5.91 Å². The van der Waals surface area contributed by atoms with Crippen molar-refractivity contribution in [2.24, 2.45) is 11.5 Å². The predicted molar refractivity (Wildman–Crippen MR) is 47.5 cm³/mol. The van der Waals surface area contributed by atoms with Crippen molar-refractivity contribution in [2.45, 2.75) is 25.3 Å². The molecule has 0 aromatic heterocycles. The minimum absolute atomic E-state index is 0.245. The molecule has 1 aliphatic heterocycles. The van der Waals surface area contributed by atoms with Crippen molar-refractivity contribution in [3.63, 3.8) is 0 Å². The zero-order chi connectivity index (χ0) is 8.97. The monoisotopic (exact) mass is 171 g/mol. The summed E-state index contributed by atoms with van der Waals surface area (Å²) in [5.74, 6) is -0.292. The van der Waals surface area contributed by atoms with Crippen LogP contribution in [-0.4, -0.2) is 36.5 Å². The molecule has 1 aliphatic rings. The van der Waals surface area contributed by atoms with Crippen LogP contribution in [0.5, 0.6) is 0 Å². The van der Waals surface area contributed by atoms with Gasteiger partial charge in [-0.2, -0.15) is 0 Å². The maximum Gasteiger partial charge on any atom is 0.236 e. The number of nitrogens with two attached hydrogens (primary N) is 2. The van der Waals surface area contributed by atoms with Gasteiger partial charge in [-0.3, -0.25) is 9.69 Å². The lowest BCUT2D eigenvalue weighted by Gasteiger charge is -2.31. The third kappa shape index (κ3) is 2.19. The maximum atomic E-state index is 10.9. The fourth-order valence-electron chi connectivity index (χ4n) is 1.68. The van der Waals surface area contributed by atoms with E-state index in [9.17, 15) is 4.79 Å². The van der Waals surface area contributed by atoms with Crippen LogP contribution < -0.4 is 11.5 Å². The van der Waals surface area contributed by atoms with E-state index in [1.54, 1.807) is 0 Å². The minimum Gasteiger partial charge on any atom is -0.368 e. The quantitative estimate of drug-likeness (QED) is 0.589. The number of hydrogen-bond acceptors (Lipinski definition) is 3. The molecule has 0 aromatic carbocycles. The van der Waals surface area contributed by atoms with Crippen LogP contribution in [0.4, 0.5) is 0 Å². The molecular formula is C8H17N3O. The Labute approximate surface area is 72.9 Å². The molecule has 4 nitrogen and oxygen atoms in total. The smallest absolute Gasteiger partial charge is 0.236 e. The molecule has 1 unspecified atom stereocenters. The first-order valence-corrected chi connectivity index (χ1v) is 4.49. The maximum absolute atomic E-state index is 10.9. The summed E-state index contributed by atoms with van der Waals surface area (Å²) in [4.78, 5) is 13.0. The van der Waals surface area contributed by atoms with Crippen LogP contribution in [0.3, 0.4) is 0 Å². The van der Waals surface area contributed by atoms with E-state index in [0.717, 1.165) is 25.9 Å². The van der Waals surface area contributed by atoms with Crippen molar-refractivity contribution in [1.29, 1.82) is 0 Å². The number of carbonyl (C=O) groups is 1. The van der Waals surface area contributed by atoms with Gasteiger partial charge in [0.05, 0.1) is 0 Å². The lowest BCUT2D eigenvalue weighted by atomic mass is 10.1. The number of piperidine rings is 1. The first-order chi connectivity index (χ1) is 5.75. The summed E-state index contributed by atoms with van der Waals surface area (Å²) in [5.41, 5.74) is 10.7. The summed E-state index contributed by atoms with van der Waals surface area (Å²) in [6, 6.07) is -0.245. The topological polar surface area (TPSA) is 72.3 Å². The van der Waals surface area contributed by atoms with Gasteiger partial charge < -0.3 is 11.5 Å². The molecule has 1 saturated heterocycles. The summed E-state index contributed by atoms with van der Waals surface area (Å²) < 4.78 is 0. The lowest BCUT2D eigenvalue weighted by molar-refractivity contribution is -0.123. The molecule has 1 rings (SSSR count). The van der Waals surface area contributed by atoms with Gasteiger partial charge in [-0.05, 0) is 25.9 Å². The van der Waals surface area contributed by atoms with Gasteiger partial charge in [-0.1, -0.05) is 6.42 Å². The first kappa shape index (κ1) is 9.48. The van der Waals surface area contributed by atoms with Crippen molar-refractivity contribution in [3.8, 4) is 0 Å². The van der Waals surface area contributed by atoms with Gasteiger partial charge in [0.15, 0.2) is 0 Å². The highest BCUT2D eigenvalue weighted by molar-refractivity contribution is 5.80. The van der Waals surface area contributed by atoms with Crippen LogP contribution in [0.1, 0.15) is 19.3 Å². The fraction of sp³-hybridized carbons (Fsp3) is 0.875. The van der Waals surface area contributed by atoms with Gasteiger partial charge in [0.1, 0.15) is 6.04 Å². The van der Waals surface area contributed by atoms with Crippen LogP contribution >= 0.6 is 0 Å². The Kier molecular flexibility index (Phi) is 3.49. The van der Waals surface area contributed by atoms with Crippen molar-refractivity contribution < 1.29 is 4.79 Å². The summed E-state index contributed by atoms with van der Waals surface area (Å²) in [7, 11) is 0. The predicted octanol–water partition coefficient (Wildman–Crippen LogP) is -0.715. The lowest BCUT2D eigenvalue weighted by Crippen LogP contribution is -2.50. The second-order valence-electron chi connectivity index (χ2n) is 3.25. The average Bonchev–Trinajstić information content (AvgIpc) is 2.07. The number of rotatable bonds is 3. The summed E-state index contributed by atoms with van der Waals surface area (Å²) >= 11 is 0. The molecule has 1 heterocycles. The molecule has 1 fully saturated rings. The molecule has 0 spiro atoms. The van der Waals surface area contributed by atoms with E-state index in [1.165, 1.54) is 6.42 Å². The Morgan fingerprint density at radius 1 is 1.33 bits per heavy atom. The normalized spacial score (nSPS) is 22.1. The van der Waals surface area contributed by atoms with Crippen molar-refractivity contribution in [3.05, 3.63) is 0 Å². The van der Waals surface area contributed by atoms with E-state index in [1.807, 2.05) is 0 Å². The molecule has 4 N–H and O–H groups in total. The van der Waals surface area contributed by atoms with E-state index in [-0.39, 0.29) is 11.9 Å². The van der Waals surface area contributed by atoms with Crippen LogP contribution in [-0.2, 0) is 4.79 Å². The molecule has 0 bridgehead atoms. The molecular weight excluding hydrogens is 154 g/mol. The van der Waals surface area contributed by atoms with E-state index in [0.29, 0.717) is 6.54 Å². The zero-order valence-corrected chi connectivity index (χ0v) is 7.33. The van der Waals surface area contributed by atoms with Crippen LogP contribution in [0.25, 0.3) is 0 Å². The Balaban J connectivity index is 2.46. The van der Waals surface area contributed by atoms with Gasteiger partial charge in [-0.15, -0.1) is 0 Å². The van der Waals surface area contributed by atoms with Gasteiger partial charge >= 0.3 is 0 Å². The van der Waals surface area contributed by atoms with E-state index < -0.39 is 0 Å². The van der Waals surface area contributed by atoms with E-state index in [2.05, 4.69) is 4.90 Å². The Morgan fingerprint density at radius 2 is 1.92 bits per heavy atom. The molecule has 1 atom stereocenters. The van der Waals surface area contributed by atoms with Crippen molar-refractivity contribution >= 4 is 5.91 Å².